The van der Waals surface area contributed by atoms with Gasteiger partial charge >= 0.3 is 7.32 Å². The molecule has 0 fully saturated rings. The summed E-state index contributed by atoms with van der Waals surface area (Å²) >= 11 is 0. The van der Waals surface area contributed by atoms with E-state index in [1.54, 1.807) is 0 Å². The molecule has 0 amide bonds. The molecule has 4 heteroatoms. The first-order chi connectivity index (χ1) is 5.66. The molecule has 1 rings (SSSR count). The normalized spacial score (nSPS) is 7.92. The van der Waals surface area contributed by atoms with Crippen LogP contribution >= 0.6 is 0 Å². The Morgan fingerprint density at radius 2 is 1.50 bits per heavy atom. The molecule has 3 N–H and O–H groups in total. The first-order valence-electron chi connectivity index (χ1n) is 3.38. The summed E-state index contributed by atoms with van der Waals surface area (Å²) in [7, 11) is -2.17. The van der Waals surface area contributed by atoms with Crippen molar-refractivity contribution in [2.75, 3.05) is 0 Å². The molecule has 64 valence electrons. The molecular weight excluding hydrogens is 155 g/mol. The number of hydrogen-bond donors (Lipinski definition) is 3. The second-order valence-electron chi connectivity index (χ2n) is 1.96. The molecule has 0 aliphatic carbocycles. The lowest BCUT2D eigenvalue weighted by Gasteiger charge is -1.85. The van der Waals surface area contributed by atoms with Crippen LogP contribution in [0, 0.1) is 0 Å². The molecule has 0 unspecified atom stereocenters. The lowest BCUT2D eigenvalue weighted by molar-refractivity contribution is 0.278. The van der Waals surface area contributed by atoms with E-state index in [-0.39, 0.29) is 0 Å². The van der Waals surface area contributed by atoms with Gasteiger partial charge in [0, 0.05) is 0 Å². The van der Waals surface area contributed by atoms with Crippen LogP contribution in [0.15, 0.2) is 36.9 Å². The van der Waals surface area contributed by atoms with Crippen LogP contribution in [0.2, 0.25) is 0 Å². The second kappa shape index (κ2) is 6.60. The van der Waals surface area contributed by atoms with E-state index >= 15 is 0 Å². The average Bonchev–Trinajstić information content (AvgIpc) is 2.05. The van der Waals surface area contributed by atoms with Crippen LogP contribution in [0.5, 0.6) is 0 Å². The molecule has 1 aromatic rings. The summed E-state index contributed by atoms with van der Waals surface area (Å²) in [6.07, 6.45) is 1.83. The molecular formula is C8H11BO3. The predicted octanol–water partition coefficient (Wildman–Crippen LogP) is 0.278. The Morgan fingerprint density at radius 1 is 1.08 bits per heavy atom. The van der Waals surface area contributed by atoms with Crippen molar-refractivity contribution in [3.63, 3.8) is 0 Å². The fourth-order valence-electron chi connectivity index (χ4n) is 0.589. The van der Waals surface area contributed by atoms with Crippen molar-refractivity contribution in [1.82, 2.24) is 0 Å². The molecule has 0 heterocycles. The Hall–Kier alpha value is -1.10. The molecule has 0 saturated carbocycles. The Morgan fingerprint density at radius 3 is 1.75 bits per heavy atom. The van der Waals surface area contributed by atoms with Gasteiger partial charge in [0.1, 0.15) is 0 Å². The zero-order valence-electron chi connectivity index (χ0n) is 6.59. The zero-order valence-corrected chi connectivity index (χ0v) is 6.59. The quantitative estimate of drug-likeness (QED) is 0.525. The molecule has 0 saturated heterocycles. The minimum atomic E-state index is -2.17. The van der Waals surface area contributed by atoms with Gasteiger partial charge in [-0.05, 0) is 5.56 Å². The largest absolute Gasteiger partial charge is 0.631 e. The summed E-state index contributed by atoms with van der Waals surface area (Å²) in [5, 5.41) is 21.5. The molecule has 0 spiro atoms. The first-order valence-corrected chi connectivity index (χ1v) is 3.38. The third-order valence-corrected chi connectivity index (χ3v) is 1.04. The van der Waals surface area contributed by atoms with Gasteiger partial charge in [0.25, 0.3) is 0 Å². The van der Waals surface area contributed by atoms with E-state index in [2.05, 4.69) is 6.58 Å². The van der Waals surface area contributed by atoms with Crippen molar-refractivity contribution in [2.45, 2.75) is 0 Å². The summed E-state index contributed by atoms with van der Waals surface area (Å²) in [6, 6.07) is 10.0. The summed E-state index contributed by atoms with van der Waals surface area (Å²) in [6.45, 7) is 3.63. The molecule has 0 atom stereocenters. The van der Waals surface area contributed by atoms with Crippen LogP contribution in [0.4, 0.5) is 0 Å². The van der Waals surface area contributed by atoms with Crippen LogP contribution in [-0.4, -0.2) is 22.4 Å². The lowest BCUT2D eigenvalue weighted by atomic mass is 10.2. The monoisotopic (exact) mass is 166 g/mol. The van der Waals surface area contributed by atoms with Crippen molar-refractivity contribution < 1.29 is 15.1 Å². The third-order valence-electron chi connectivity index (χ3n) is 1.04. The van der Waals surface area contributed by atoms with Crippen molar-refractivity contribution in [1.29, 1.82) is 0 Å². The number of benzene rings is 1. The summed E-state index contributed by atoms with van der Waals surface area (Å²) < 4.78 is 0. The van der Waals surface area contributed by atoms with Gasteiger partial charge in [-0.1, -0.05) is 43.0 Å². The van der Waals surface area contributed by atoms with E-state index < -0.39 is 7.32 Å². The van der Waals surface area contributed by atoms with Gasteiger partial charge in [-0.3, -0.25) is 0 Å². The highest BCUT2D eigenvalue weighted by molar-refractivity contribution is 6.30. The van der Waals surface area contributed by atoms with Crippen LogP contribution in [-0.2, 0) is 0 Å². The van der Waals surface area contributed by atoms with E-state index in [9.17, 15) is 0 Å². The number of rotatable bonds is 1. The van der Waals surface area contributed by atoms with E-state index in [0.717, 1.165) is 0 Å². The van der Waals surface area contributed by atoms with Crippen molar-refractivity contribution >= 4 is 13.4 Å². The standard InChI is InChI=1S/C8H8.BH3O3/c1-2-8-6-4-3-5-7-8;2-1(3)4/h2-7H,1H2;2-4H. The molecule has 3 nitrogen and oxygen atoms in total. The van der Waals surface area contributed by atoms with E-state index in [1.165, 1.54) is 5.56 Å². The maximum absolute atomic E-state index is 7.17. The van der Waals surface area contributed by atoms with Crippen molar-refractivity contribution in [3.8, 4) is 0 Å². The highest BCUT2D eigenvalue weighted by atomic mass is 16.5. The van der Waals surface area contributed by atoms with Crippen LogP contribution in [0.1, 0.15) is 5.56 Å². The Labute approximate surface area is 71.8 Å². The van der Waals surface area contributed by atoms with Crippen LogP contribution < -0.4 is 0 Å². The van der Waals surface area contributed by atoms with E-state index in [1.807, 2.05) is 36.4 Å². The van der Waals surface area contributed by atoms with Gasteiger partial charge in [0.2, 0.25) is 0 Å². The molecule has 0 bridgehead atoms. The smallest absolute Gasteiger partial charge is 0.402 e. The molecule has 0 radical (unpaired) electrons. The lowest BCUT2D eigenvalue weighted by Crippen LogP contribution is -2.07. The zero-order chi connectivity index (χ0) is 9.40. The molecule has 0 aliphatic rings. The molecule has 0 aromatic heterocycles. The van der Waals surface area contributed by atoms with Crippen LogP contribution in [0.25, 0.3) is 6.08 Å². The summed E-state index contributed by atoms with van der Waals surface area (Å²) in [5.74, 6) is 0. The van der Waals surface area contributed by atoms with Gasteiger partial charge in [0.15, 0.2) is 0 Å². The Kier molecular flexibility index (Phi) is 6.00. The van der Waals surface area contributed by atoms with E-state index in [0.29, 0.717) is 0 Å². The summed E-state index contributed by atoms with van der Waals surface area (Å²) in [5.41, 5.74) is 1.17. The van der Waals surface area contributed by atoms with E-state index in [4.69, 9.17) is 15.1 Å². The Balaban J connectivity index is 0.000000261. The fourth-order valence-corrected chi connectivity index (χ4v) is 0.589. The third kappa shape index (κ3) is 7.02. The number of hydrogen-bond acceptors (Lipinski definition) is 3. The maximum atomic E-state index is 7.17. The average molecular weight is 166 g/mol. The maximum Gasteiger partial charge on any atom is 0.631 e. The van der Waals surface area contributed by atoms with Gasteiger partial charge in [-0.15, -0.1) is 0 Å². The second-order valence-corrected chi connectivity index (χ2v) is 1.96. The van der Waals surface area contributed by atoms with Crippen molar-refractivity contribution in [2.24, 2.45) is 0 Å². The Bertz CT molecular complexity index is 208. The topological polar surface area (TPSA) is 60.7 Å². The first kappa shape index (κ1) is 10.9. The molecule has 12 heavy (non-hydrogen) atoms. The minimum Gasteiger partial charge on any atom is -0.402 e. The fraction of sp³-hybridized carbons (Fsp3) is 0. The summed E-state index contributed by atoms with van der Waals surface area (Å²) in [4.78, 5) is 0. The van der Waals surface area contributed by atoms with Gasteiger partial charge in [0.05, 0.1) is 0 Å². The highest BCUT2D eigenvalue weighted by Gasteiger charge is 1.92. The van der Waals surface area contributed by atoms with Gasteiger partial charge in [-0.25, -0.2) is 0 Å². The van der Waals surface area contributed by atoms with Crippen molar-refractivity contribution in [3.05, 3.63) is 42.5 Å². The SMILES string of the molecule is C=Cc1ccccc1.OB(O)O. The molecule has 1 aromatic carbocycles. The molecule has 0 aliphatic heterocycles. The van der Waals surface area contributed by atoms with Gasteiger partial charge in [-0.2, -0.15) is 0 Å². The minimum absolute atomic E-state index is 1.17. The predicted molar refractivity (Wildman–Crippen MR) is 48.9 cm³/mol. The highest BCUT2D eigenvalue weighted by Crippen LogP contribution is 1.97. The van der Waals surface area contributed by atoms with Gasteiger partial charge < -0.3 is 15.1 Å². The van der Waals surface area contributed by atoms with Crippen LogP contribution in [0.3, 0.4) is 0 Å².